The van der Waals surface area contributed by atoms with Crippen molar-refractivity contribution in [3.05, 3.63) is 86.4 Å². The van der Waals surface area contributed by atoms with Crippen LogP contribution in [-0.4, -0.2) is 34.9 Å². The zero-order valence-corrected chi connectivity index (χ0v) is 19.5. The van der Waals surface area contributed by atoms with Gasteiger partial charge in [0, 0.05) is 10.6 Å². The number of amides is 1. The van der Waals surface area contributed by atoms with Gasteiger partial charge in [0.2, 0.25) is 0 Å². The normalized spacial score (nSPS) is 17.5. The van der Waals surface area contributed by atoms with Gasteiger partial charge in [-0.05, 0) is 31.5 Å². The monoisotopic (exact) mass is 482 g/mol. The highest BCUT2D eigenvalue weighted by Crippen LogP contribution is 2.44. The lowest BCUT2D eigenvalue weighted by Gasteiger charge is -2.23. The number of aryl methyl sites for hydroxylation is 2. The van der Waals surface area contributed by atoms with E-state index in [-0.39, 0.29) is 21.3 Å². The predicted octanol–water partition coefficient (Wildman–Crippen LogP) is 4.83. The first-order valence-corrected chi connectivity index (χ1v) is 11.1. The van der Waals surface area contributed by atoms with E-state index in [1.807, 2.05) is 6.92 Å². The smallest absolute Gasteiger partial charge is 0.350 e. The number of benzene rings is 2. The number of ketones is 1. The van der Waals surface area contributed by atoms with Gasteiger partial charge < -0.3 is 9.84 Å². The lowest BCUT2D eigenvalue weighted by atomic mass is 9.95. The minimum Gasteiger partial charge on any atom is -0.507 e. The Kier molecular flexibility index (Phi) is 6.05. The maximum atomic E-state index is 13.2. The van der Waals surface area contributed by atoms with Crippen molar-refractivity contribution in [2.45, 2.75) is 19.9 Å². The van der Waals surface area contributed by atoms with E-state index >= 15 is 0 Å². The largest absolute Gasteiger partial charge is 0.507 e. The van der Waals surface area contributed by atoms with Crippen molar-refractivity contribution in [3.63, 3.8) is 0 Å². The fourth-order valence-electron chi connectivity index (χ4n) is 3.62. The highest BCUT2D eigenvalue weighted by molar-refractivity contribution is 7.17. The van der Waals surface area contributed by atoms with Gasteiger partial charge in [0.1, 0.15) is 10.6 Å². The molecule has 0 aliphatic carbocycles. The third-order valence-electron chi connectivity index (χ3n) is 5.32. The molecule has 168 valence electrons. The molecule has 9 heteroatoms. The summed E-state index contributed by atoms with van der Waals surface area (Å²) < 4.78 is 4.79. The van der Waals surface area contributed by atoms with Gasteiger partial charge in [0.15, 0.2) is 5.13 Å². The molecule has 0 saturated carbocycles. The number of carbonyl (C=O) groups excluding carboxylic acids is 3. The molecule has 0 spiro atoms. The highest BCUT2D eigenvalue weighted by atomic mass is 35.5. The maximum absolute atomic E-state index is 13.2. The fraction of sp³-hybridized carbons (Fsp3) is 0.167. The maximum Gasteiger partial charge on any atom is 0.350 e. The summed E-state index contributed by atoms with van der Waals surface area (Å²) >= 11 is 6.99. The number of Topliss-reactive ketones (excluding diaryl/α,β-unsaturated/α-hetero) is 1. The van der Waals surface area contributed by atoms with Crippen LogP contribution < -0.4 is 4.90 Å². The summed E-state index contributed by atoms with van der Waals surface area (Å²) in [5.41, 5.74) is 2.24. The Morgan fingerprint density at radius 1 is 1.09 bits per heavy atom. The summed E-state index contributed by atoms with van der Waals surface area (Å²) in [6.07, 6.45) is 0. The molecule has 0 radical (unpaired) electrons. The summed E-state index contributed by atoms with van der Waals surface area (Å²) in [6.45, 7) is 3.52. The van der Waals surface area contributed by atoms with Crippen LogP contribution in [0.3, 0.4) is 0 Å². The Labute approximate surface area is 198 Å². The molecule has 1 aromatic heterocycles. The minimum atomic E-state index is -0.959. The zero-order valence-electron chi connectivity index (χ0n) is 18.0. The minimum absolute atomic E-state index is 0.0707. The van der Waals surface area contributed by atoms with Crippen molar-refractivity contribution in [3.8, 4) is 0 Å². The second-order valence-corrected chi connectivity index (χ2v) is 8.90. The summed E-state index contributed by atoms with van der Waals surface area (Å²) in [5, 5.41) is 11.7. The molecule has 33 heavy (non-hydrogen) atoms. The van der Waals surface area contributed by atoms with Crippen molar-refractivity contribution >= 4 is 51.5 Å². The lowest BCUT2D eigenvalue weighted by Crippen LogP contribution is -2.29. The number of halogens is 1. The molecule has 1 aliphatic rings. The van der Waals surface area contributed by atoms with Gasteiger partial charge in [-0.25, -0.2) is 9.78 Å². The van der Waals surface area contributed by atoms with E-state index in [2.05, 4.69) is 4.98 Å². The topological polar surface area (TPSA) is 96.8 Å². The molecule has 1 saturated heterocycles. The molecule has 2 aromatic carbocycles. The van der Waals surface area contributed by atoms with Gasteiger partial charge in [0.05, 0.1) is 24.4 Å². The summed E-state index contributed by atoms with van der Waals surface area (Å²) in [6, 6.07) is 12.6. The Morgan fingerprint density at radius 2 is 1.73 bits per heavy atom. The summed E-state index contributed by atoms with van der Waals surface area (Å²) in [5.74, 6) is -2.58. The molecule has 1 N–H and O–H groups in total. The fourth-order valence-corrected chi connectivity index (χ4v) is 4.76. The second-order valence-electron chi connectivity index (χ2n) is 7.49. The van der Waals surface area contributed by atoms with Crippen molar-refractivity contribution in [2.24, 2.45) is 0 Å². The van der Waals surface area contributed by atoms with Crippen LogP contribution in [0.2, 0.25) is 5.02 Å². The molecule has 1 atom stereocenters. The van der Waals surface area contributed by atoms with Crippen LogP contribution in [0, 0.1) is 13.8 Å². The van der Waals surface area contributed by atoms with E-state index < -0.39 is 23.7 Å². The van der Waals surface area contributed by atoms with Crippen LogP contribution in [0.1, 0.15) is 38.1 Å². The van der Waals surface area contributed by atoms with E-state index in [0.717, 1.165) is 16.9 Å². The van der Waals surface area contributed by atoms with Gasteiger partial charge in [-0.3, -0.25) is 14.5 Å². The third-order valence-corrected chi connectivity index (χ3v) is 6.71. The van der Waals surface area contributed by atoms with Crippen LogP contribution >= 0.6 is 22.9 Å². The number of aliphatic hydroxyl groups excluding tert-OH is 1. The van der Waals surface area contributed by atoms with Gasteiger partial charge in [0.25, 0.3) is 5.78 Å². The first-order chi connectivity index (χ1) is 15.7. The first kappa shape index (κ1) is 22.7. The average molecular weight is 483 g/mol. The number of carbonyl (C=O) groups is 3. The molecule has 4 rings (SSSR count). The van der Waals surface area contributed by atoms with E-state index in [4.69, 9.17) is 16.3 Å². The van der Waals surface area contributed by atoms with Crippen LogP contribution in [0.5, 0.6) is 0 Å². The van der Waals surface area contributed by atoms with Gasteiger partial charge in [-0.2, -0.15) is 0 Å². The molecule has 1 unspecified atom stereocenters. The Bertz CT molecular complexity index is 1300. The standard InChI is InChI=1S/C24H19ClN2O5S/c1-12-4-6-15(7-5-12)19(28)17-18(14-8-10-16(25)11-9-14)27(22(30)20(17)29)24-26-13(2)21(33-24)23(31)32-3/h4-11,18,28H,1-3H3. The molecule has 2 heterocycles. The Morgan fingerprint density at radius 3 is 2.33 bits per heavy atom. The Hall–Kier alpha value is -3.49. The molecule has 7 nitrogen and oxygen atoms in total. The molecule has 1 aliphatic heterocycles. The molecule has 3 aromatic rings. The number of methoxy groups -OCH3 is 1. The van der Waals surface area contributed by atoms with E-state index in [9.17, 15) is 19.5 Å². The summed E-state index contributed by atoms with van der Waals surface area (Å²) in [4.78, 5) is 44.2. The quantitative estimate of drug-likeness (QED) is 0.248. The van der Waals surface area contributed by atoms with Crippen LogP contribution in [0.15, 0.2) is 54.1 Å². The lowest BCUT2D eigenvalue weighted by molar-refractivity contribution is -0.132. The number of esters is 1. The van der Waals surface area contributed by atoms with E-state index in [0.29, 0.717) is 21.8 Å². The van der Waals surface area contributed by atoms with E-state index in [1.165, 1.54) is 12.0 Å². The molecule has 1 fully saturated rings. The van der Waals surface area contributed by atoms with Gasteiger partial charge in [-0.1, -0.05) is 64.9 Å². The van der Waals surface area contributed by atoms with Crippen LogP contribution in [0.25, 0.3) is 5.76 Å². The summed E-state index contributed by atoms with van der Waals surface area (Å²) in [7, 11) is 1.25. The number of hydrogen-bond donors (Lipinski definition) is 1. The molecular weight excluding hydrogens is 464 g/mol. The van der Waals surface area contributed by atoms with Crippen molar-refractivity contribution in [1.29, 1.82) is 0 Å². The number of hydrogen-bond acceptors (Lipinski definition) is 7. The highest BCUT2D eigenvalue weighted by Gasteiger charge is 2.48. The second kappa shape index (κ2) is 8.80. The predicted molar refractivity (Wildman–Crippen MR) is 126 cm³/mol. The van der Waals surface area contributed by atoms with Crippen molar-refractivity contribution in [1.82, 2.24) is 4.98 Å². The van der Waals surface area contributed by atoms with Crippen molar-refractivity contribution in [2.75, 3.05) is 12.0 Å². The number of anilines is 1. The van der Waals surface area contributed by atoms with Gasteiger partial charge >= 0.3 is 11.9 Å². The average Bonchev–Trinajstić information content (AvgIpc) is 3.31. The van der Waals surface area contributed by atoms with E-state index in [1.54, 1.807) is 55.5 Å². The number of thiazole rings is 1. The van der Waals surface area contributed by atoms with Crippen LogP contribution in [-0.2, 0) is 14.3 Å². The number of ether oxygens (including phenoxy) is 1. The third kappa shape index (κ3) is 4.03. The zero-order chi connectivity index (χ0) is 23.9. The van der Waals surface area contributed by atoms with Gasteiger partial charge in [-0.15, -0.1) is 0 Å². The number of rotatable bonds is 4. The van der Waals surface area contributed by atoms with Crippen molar-refractivity contribution < 1.29 is 24.2 Å². The molecule has 1 amide bonds. The SMILES string of the molecule is COC(=O)c1sc(N2C(=O)C(=O)C(=C(O)c3ccc(C)cc3)C2c2ccc(Cl)cc2)nc1C. The number of aromatic nitrogens is 1. The molecule has 0 bridgehead atoms. The number of nitrogens with zero attached hydrogens (tertiary/aromatic N) is 2. The molecular formula is C24H19ClN2O5S. The first-order valence-electron chi connectivity index (χ1n) is 9.92. The number of aliphatic hydroxyl groups is 1. The van der Waals surface area contributed by atoms with Crippen LogP contribution in [0.4, 0.5) is 5.13 Å². The Balaban J connectivity index is 1.93.